The topological polar surface area (TPSA) is 151 Å². The molecule has 4 N–H and O–H groups in total. The number of likely N-dealkylation sites (N-methyl/N-ethyl adjacent to an activating group) is 1. The smallest absolute Gasteiger partial charge is 0.335 e. The zero-order chi connectivity index (χ0) is 29.5. The molecule has 0 unspecified atom stereocenters. The second kappa shape index (κ2) is 13.4. The molecule has 0 spiro atoms. The van der Waals surface area contributed by atoms with Crippen LogP contribution in [0.1, 0.15) is 22.3 Å². The van der Waals surface area contributed by atoms with Crippen LogP contribution in [0.25, 0.3) is 5.57 Å². The van der Waals surface area contributed by atoms with Gasteiger partial charge in [0.05, 0.1) is 0 Å². The second-order valence-electron chi connectivity index (χ2n) is 10.1. The fraction of sp³-hybridized carbons (Fsp3) is 0.333. The highest BCUT2D eigenvalue weighted by atomic mass is 16.4. The Hall–Kier alpha value is -4.32. The maximum absolute atomic E-state index is 9.77. The van der Waals surface area contributed by atoms with Crippen molar-refractivity contribution in [1.82, 2.24) is 14.9 Å². The summed E-state index contributed by atoms with van der Waals surface area (Å²) in [6.07, 6.45) is 1.47. The van der Waals surface area contributed by atoms with E-state index >= 15 is 0 Å². The van der Waals surface area contributed by atoms with Crippen LogP contribution in [0.2, 0.25) is 0 Å². The number of aliphatic carboxylic acids is 2. The third-order valence-electron chi connectivity index (χ3n) is 7.07. The number of aliphatic hydroxyl groups is 2. The molecule has 0 aliphatic carbocycles. The third-order valence-corrected chi connectivity index (χ3v) is 7.07. The molecule has 0 bridgehead atoms. The minimum absolute atomic E-state index is 0.832. The Morgan fingerprint density at radius 2 is 1.44 bits per heavy atom. The Labute approximate surface area is 238 Å². The van der Waals surface area contributed by atoms with E-state index in [1.807, 2.05) is 18.5 Å². The van der Waals surface area contributed by atoms with Crippen LogP contribution in [0, 0.1) is 6.92 Å². The van der Waals surface area contributed by atoms with Gasteiger partial charge in [-0.1, -0.05) is 42.0 Å². The highest BCUT2D eigenvalue weighted by Gasteiger charge is 2.29. The normalized spacial score (nSPS) is 16.8. The number of hydrogen-bond donors (Lipinski definition) is 4. The summed E-state index contributed by atoms with van der Waals surface area (Å²) in [5.41, 5.74) is 8.01. The molecule has 41 heavy (non-hydrogen) atoms. The molecule has 11 heteroatoms. The van der Waals surface area contributed by atoms with E-state index < -0.39 is 24.1 Å². The highest BCUT2D eigenvalue weighted by Crippen LogP contribution is 2.32. The molecule has 2 atom stereocenters. The first kappa shape index (κ1) is 29.7. The van der Waals surface area contributed by atoms with Crippen molar-refractivity contribution < 1.29 is 30.0 Å². The number of carboxylic acids is 2. The van der Waals surface area contributed by atoms with E-state index in [0.29, 0.717) is 0 Å². The number of rotatable bonds is 6. The standard InChI is InChI=1S/C26H29N5.C4H6O6/c1-20-4-6-21(7-5-20)25-10-13-29(2)19-22-18-23(8-9-24(22)25)30-14-16-31(17-15-30)26-27-11-3-12-28-26;5-1(3(7)8)2(6)4(9)10/h3-12,18H,13-17,19H2,1-2H3;1-2,5-6H,(H,7,8)(H,9,10)/t;1-,2-/m.1/s1. The summed E-state index contributed by atoms with van der Waals surface area (Å²) in [5, 5.41) is 32.5. The summed E-state index contributed by atoms with van der Waals surface area (Å²) < 4.78 is 0. The van der Waals surface area contributed by atoms with Gasteiger partial charge < -0.3 is 30.2 Å². The van der Waals surface area contributed by atoms with Crippen LogP contribution in [0.5, 0.6) is 0 Å². The van der Waals surface area contributed by atoms with Gasteiger partial charge in [0.1, 0.15) is 0 Å². The summed E-state index contributed by atoms with van der Waals surface area (Å²) in [6, 6.07) is 17.8. The number of aromatic nitrogens is 2. The number of benzene rings is 2. The van der Waals surface area contributed by atoms with Gasteiger partial charge in [0, 0.05) is 57.3 Å². The summed E-state index contributed by atoms with van der Waals surface area (Å²) in [6.45, 7) is 7.91. The third kappa shape index (κ3) is 7.46. The van der Waals surface area contributed by atoms with E-state index in [-0.39, 0.29) is 0 Å². The molecule has 0 saturated carbocycles. The van der Waals surface area contributed by atoms with Gasteiger partial charge in [0.15, 0.2) is 12.2 Å². The van der Waals surface area contributed by atoms with Gasteiger partial charge in [-0.3, -0.25) is 4.90 Å². The Morgan fingerprint density at radius 3 is 2.02 bits per heavy atom. The van der Waals surface area contributed by atoms with Crippen LogP contribution in [-0.2, 0) is 16.1 Å². The van der Waals surface area contributed by atoms with Gasteiger partial charge in [-0.15, -0.1) is 0 Å². The molecule has 11 nitrogen and oxygen atoms in total. The van der Waals surface area contributed by atoms with Crippen molar-refractivity contribution in [2.24, 2.45) is 0 Å². The van der Waals surface area contributed by atoms with Crippen molar-refractivity contribution in [2.45, 2.75) is 25.7 Å². The van der Waals surface area contributed by atoms with E-state index in [9.17, 15) is 9.59 Å². The van der Waals surface area contributed by atoms with Crippen LogP contribution in [0.15, 0.2) is 67.0 Å². The van der Waals surface area contributed by atoms with Crippen molar-refractivity contribution in [3.63, 3.8) is 0 Å². The molecule has 5 rings (SSSR count). The Morgan fingerprint density at radius 1 is 0.854 bits per heavy atom. The van der Waals surface area contributed by atoms with Crippen LogP contribution in [0.3, 0.4) is 0 Å². The van der Waals surface area contributed by atoms with Crippen molar-refractivity contribution in [2.75, 3.05) is 49.6 Å². The fourth-order valence-corrected chi connectivity index (χ4v) is 4.78. The van der Waals surface area contributed by atoms with E-state index in [4.69, 9.17) is 20.4 Å². The van der Waals surface area contributed by atoms with Gasteiger partial charge in [-0.25, -0.2) is 19.6 Å². The molecule has 2 aromatic carbocycles. The lowest BCUT2D eigenvalue weighted by Crippen LogP contribution is -2.47. The van der Waals surface area contributed by atoms with E-state index in [2.05, 4.69) is 87.2 Å². The lowest BCUT2D eigenvalue weighted by atomic mass is 9.93. The quantitative estimate of drug-likeness (QED) is 0.349. The molecule has 2 aliphatic heterocycles. The zero-order valence-corrected chi connectivity index (χ0v) is 23.1. The fourth-order valence-electron chi connectivity index (χ4n) is 4.78. The van der Waals surface area contributed by atoms with Crippen LogP contribution in [-0.4, -0.2) is 99.2 Å². The van der Waals surface area contributed by atoms with Crippen molar-refractivity contribution >= 4 is 29.1 Å². The maximum atomic E-state index is 9.77. The van der Waals surface area contributed by atoms with Gasteiger partial charge >= 0.3 is 11.9 Å². The van der Waals surface area contributed by atoms with Gasteiger partial charge in [-0.05, 0) is 54.4 Å². The number of hydrogen-bond acceptors (Lipinski definition) is 9. The zero-order valence-electron chi connectivity index (χ0n) is 23.1. The Kier molecular flexibility index (Phi) is 9.66. The molecule has 3 heterocycles. The summed E-state index contributed by atoms with van der Waals surface area (Å²) in [4.78, 5) is 35.5. The molecule has 216 valence electrons. The summed E-state index contributed by atoms with van der Waals surface area (Å²) in [7, 11) is 2.20. The van der Waals surface area contributed by atoms with Crippen LogP contribution in [0.4, 0.5) is 11.6 Å². The predicted octanol–water partition coefficient (Wildman–Crippen LogP) is 1.87. The summed E-state index contributed by atoms with van der Waals surface area (Å²) in [5.74, 6) is -2.71. The first-order chi connectivity index (χ1) is 19.6. The Balaban J connectivity index is 0.000000334. The number of anilines is 2. The number of fused-ring (bicyclic) bond motifs is 1. The Bertz CT molecular complexity index is 1360. The lowest BCUT2D eigenvalue weighted by molar-refractivity contribution is -0.165. The highest BCUT2D eigenvalue weighted by molar-refractivity contribution is 5.83. The first-order valence-corrected chi connectivity index (χ1v) is 13.3. The number of piperazine rings is 1. The molecule has 1 saturated heterocycles. The number of aryl methyl sites for hydroxylation is 1. The van der Waals surface area contributed by atoms with Gasteiger partial charge in [-0.2, -0.15) is 0 Å². The maximum Gasteiger partial charge on any atom is 0.335 e. The molecule has 3 aromatic rings. The molecule has 1 aromatic heterocycles. The summed E-state index contributed by atoms with van der Waals surface area (Å²) >= 11 is 0. The molecular formula is C30H35N5O6. The first-order valence-electron chi connectivity index (χ1n) is 13.3. The number of carboxylic acid groups (broad SMARTS) is 2. The minimum Gasteiger partial charge on any atom is -0.479 e. The number of carbonyl (C=O) groups is 2. The molecule has 0 radical (unpaired) electrons. The molecular weight excluding hydrogens is 526 g/mol. The number of aliphatic hydroxyl groups excluding tert-OH is 2. The second-order valence-corrected chi connectivity index (χ2v) is 10.1. The number of nitrogens with zero attached hydrogens (tertiary/aromatic N) is 5. The van der Waals surface area contributed by atoms with Crippen molar-refractivity contribution in [3.05, 3.63) is 89.3 Å². The molecule has 2 aliphatic rings. The largest absolute Gasteiger partial charge is 0.479 e. The van der Waals surface area contributed by atoms with E-state index in [0.717, 1.165) is 45.2 Å². The average molecular weight is 562 g/mol. The van der Waals surface area contributed by atoms with Crippen molar-refractivity contribution in [1.29, 1.82) is 0 Å². The van der Waals surface area contributed by atoms with E-state index in [1.165, 1.54) is 33.5 Å². The molecule has 1 fully saturated rings. The lowest BCUT2D eigenvalue weighted by Gasteiger charge is -2.36. The average Bonchev–Trinajstić information content (AvgIpc) is 3.15. The predicted molar refractivity (Wildman–Crippen MR) is 155 cm³/mol. The SMILES string of the molecule is Cc1ccc(C2=CCN(C)Cc3cc(N4CCN(c5ncccn5)CC4)ccc32)cc1.O=C(O)[C@H](O)[C@@H](O)C(=O)O. The van der Waals surface area contributed by atoms with Crippen LogP contribution < -0.4 is 9.80 Å². The monoisotopic (exact) mass is 561 g/mol. The van der Waals surface area contributed by atoms with Gasteiger partial charge in [0.25, 0.3) is 0 Å². The van der Waals surface area contributed by atoms with Crippen LogP contribution >= 0.6 is 0 Å². The van der Waals surface area contributed by atoms with Crippen molar-refractivity contribution in [3.8, 4) is 0 Å². The van der Waals surface area contributed by atoms with Gasteiger partial charge in [0.2, 0.25) is 5.95 Å². The minimum atomic E-state index is -2.27. The van der Waals surface area contributed by atoms with E-state index in [1.54, 1.807) is 0 Å². The molecule has 0 amide bonds.